The molecule has 1 saturated heterocycles. The van der Waals surface area contributed by atoms with Gasteiger partial charge >= 0.3 is 0 Å². The zero-order valence-corrected chi connectivity index (χ0v) is 17.4. The number of benzene rings is 1. The van der Waals surface area contributed by atoms with Gasteiger partial charge in [0.2, 0.25) is 0 Å². The molecule has 0 radical (unpaired) electrons. The fourth-order valence-corrected chi connectivity index (χ4v) is 4.43. The van der Waals surface area contributed by atoms with Crippen molar-refractivity contribution in [1.29, 1.82) is 0 Å². The largest absolute Gasteiger partial charge is 0.368 e. The van der Waals surface area contributed by atoms with Crippen LogP contribution in [0, 0.1) is 0 Å². The molecule has 2 aliphatic heterocycles. The van der Waals surface area contributed by atoms with E-state index < -0.39 is 5.60 Å². The summed E-state index contributed by atoms with van der Waals surface area (Å²) in [4.78, 5) is 15.3. The van der Waals surface area contributed by atoms with Gasteiger partial charge < -0.3 is 15.0 Å². The summed E-state index contributed by atoms with van der Waals surface area (Å²) in [6.45, 7) is 3.10. The number of hydrogen-bond donors (Lipinski definition) is 1. The van der Waals surface area contributed by atoms with Crippen LogP contribution in [0.15, 0.2) is 30.3 Å². The van der Waals surface area contributed by atoms with Crippen LogP contribution < -0.4 is 5.32 Å². The number of methoxy groups -OCH3 is 1. The first-order chi connectivity index (χ1) is 13.1. The van der Waals surface area contributed by atoms with Crippen LogP contribution in [0.1, 0.15) is 24.1 Å². The van der Waals surface area contributed by atoms with Crippen molar-refractivity contribution in [1.82, 2.24) is 20.0 Å². The minimum atomic E-state index is -0.664. The van der Waals surface area contributed by atoms with Crippen molar-refractivity contribution in [2.24, 2.45) is 7.05 Å². The van der Waals surface area contributed by atoms with Gasteiger partial charge in [-0.15, -0.1) is 12.4 Å². The molecule has 2 aliphatic rings. The van der Waals surface area contributed by atoms with Crippen molar-refractivity contribution in [2.45, 2.75) is 31.3 Å². The maximum atomic E-state index is 13.3. The van der Waals surface area contributed by atoms with Crippen molar-refractivity contribution in [3.8, 4) is 11.3 Å². The molecule has 0 spiro atoms. The summed E-state index contributed by atoms with van der Waals surface area (Å²) in [6.07, 6.45) is 3.14. The van der Waals surface area contributed by atoms with E-state index in [1.165, 1.54) is 11.3 Å². The molecule has 0 aliphatic carbocycles. The topological polar surface area (TPSA) is 59.4 Å². The number of nitrogens with one attached hydrogen (secondary N) is 1. The maximum Gasteiger partial charge on any atom is 0.254 e. The van der Waals surface area contributed by atoms with Crippen LogP contribution in [0.4, 0.5) is 0 Å². The Hall–Kier alpha value is -1.89. The number of nitrogens with zero attached hydrogens (tertiary/aromatic N) is 3. The average Bonchev–Trinajstić information content (AvgIpc) is 2.90. The van der Waals surface area contributed by atoms with Gasteiger partial charge in [0, 0.05) is 50.5 Å². The molecule has 1 N–H and O–H groups in total. The third-order valence-electron chi connectivity index (χ3n) is 6.05. The highest BCUT2D eigenvalue weighted by Gasteiger charge is 2.42. The second-order valence-corrected chi connectivity index (χ2v) is 7.50. The van der Waals surface area contributed by atoms with Crippen LogP contribution in [-0.2, 0) is 29.4 Å². The van der Waals surface area contributed by atoms with Crippen LogP contribution in [0.2, 0.25) is 0 Å². The van der Waals surface area contributed by atoms with E-state index in [0.717, 1.165) is 63.1 Å². The van der Waals surface area contributed by atoms with Crippen LogP contribution in [0.3, 0.4) is 0 Å². The summed E-state index contributed by atoms with van der Waals surface area (Å²) in [5.41, 5.74) is 4.03. The summed E-state index contributed by atoms with van der Waals surface area (Å²) >= 11 is 0. The molecule has 3 heterocycles. The Morgan fingerprint density at radius 1 is 1.14 bits per heavy atom. The van der Waals surface area contributed by atoms with Crippen molar-refractivity contribution in [2.75, 3.05) is 33.3 Å². The van der Waals surface area contributed by atoms with E-state index in [4.69, 9.17) is 9.84 Å². The van der Waals surface area contributed by atoms with Gasteiger partial charge in [-0.05, 0) is 32.4 Å². The van der Waals surface area contributed by atoms with Gasteiger partial charge in [-0.3, -0.25) is 9.48 Å². The number of aromatic nitrogens is 2. The normalized spacial score (nSPS) is 18.7. The second-order valence-electron chi connectivity index (χ2n) is 7.50. The molecule has 1 fully saturated rings. The molecule has 7 heteroatoms. The zero-order chi connectivity index (χ0) is 18.9. The molecule has 0 atom stereocenters. The van der Waals surface area contributed by atoms with E-state index in [2.05, 4.69) is 17.4 Å². The van der Waals surface area contributed by atoms with Gasteiger partial charge in [-0.2, -0.15) is 5.10 Å². The predicted molar refractivity (Wildman–Crippen MR) is 112 cm³/mol. The number of rotatable bonds is 3. The molecule has 0 saturated carbocycles. The van der Waals surface area contributed by atoms with Gasteiger partial charge in [0.25, 0.3) is 5.91 Å². The Morgan fingerprint density at radius 3 is 2.50 bits per heavy atom. The number of carbonyl (C=O) groups excluding carboxylic acids is 1. The zero-order valence-electron chi connectivity index (χ0n) is 16.6. The number of piperidine rings is 1. The average molecular weight is 405 g/mol. The smallest absolute Gasteiger partial charge is 0.254 e. The fraction of sp³-hybridized carbons (Fsp3) is 0.524. The van der Waals surface area contributed by atoms with E-state index in [9.17, 15) is 4.79 Å². The molecule has 1 amide bonds. The third-order valence-corrected chi connectivity index (χ3v) is 6.05. The summed E-state index contributed by atoms with van der Waals surface area (Å²) < 4.78 is 7.75. The van der Waals surface area contributed by atoms with Gasteiger partial charge in [0.05, 0.1) is 5.69 Å². The Labute approximate surface area is 172 Å². The van der Waals surface area contributed by atoms with E-state index >= 15 is 0 Å². The van der Waals surface area contributed by atoms with Crippen molar-refractivity contribution in [3.63, 3.8) is 0 Å². The molecule has 2 aromatic rings. The Kier molecular flexibility index (Phi) is 6.43. The molecular formula is C21H29ClN4O2. The summed E-state index contributed by atoms with van der Waals surface area (Å²) in [5.74, 6) is 0.147. The first-order valence-corrected chi connectivity index (χ1v) is 9.80. The first-order valence-electron chi connectivity index (χ1n) is 9.80. The highest BCUT2D eigenvalue weighted by Crippen LogP contribution is 2.30. The number of amides is 1. The van der Waals surface area contributed by atoms with E-state index in [0.29, 0.717) is 0 Å². The van der Waals surface area contributed by atoms with Gasteiger partial charge in [-0.25, -0.2) is 0 Å². The SMILES string of the molecule is COC1(C(=O)N2CCc3c(-c4ccccc4)nn(C)c3CC2)CCNCC1.Cl. The van der Waals surface area contributed by atoms with Crippen molar-refractivity contribution in [3.05, 3.63) is 41.6 Å². The number of ether oxygens (including phenoxy) is 1. The maximum absolute atomic E-state index is 13.3. The quantitative estimate of drug-likeness (QED) is 0.852. The number of hydrogen-bond acceptors (Lipinski definition) is 4. The van der Waals surface area contributed by atoms with Crippen LogP contribution in [0.25, 0.3) is 11.3 Å². The molecule has 1 aromatic heterocycles. The molecular weight excluding hydrogens is 376 g/mol. The van der Waals surface area contributed by atoms with Crippen LogP contribution in [0.5, 0.6) is 0 Å². The lowest BCUT2D eigenvalue weighted by Gasteiger charge is -2.38. The summed E-state index contributed by atoms with van der Waals surface area (Å²) in [5, 5.41) is 8.10. The minimum Gasteiger partial charge on any atom is -0.368 e. The van der Waals surface area contributed by atoms with E-state index in [-0.39, 0.29) is 18.3 Å². The molecule has 28 heavy (non-hydrogen) atoms. The Morgan fingerprint density at radius 2 is 1.82 bits per heavy atom. The lowest BCUT2D eigenvalue weighted by atomic mass is 9.90. The Bertz CT molecular complexity index is 815. The van der Waals surface area contributed by atoms with E-state index in [1.807, 2.05) is 34.8 Å². The summed E-state index contributed by atoms with van der Waals surface area (Å²) in [7, 11) is 3.68. The van der Waals surface area contributed by atoms with Crippen LogP contribution >= 0.6 is 12.4 Å². The molecule has 0 unspecified atom stereocenters. The van der Waals surface area contributed by atoms with Crippen molar-refractivity contribution < 1.29 is 9.53 Å². The standard InChI is InChI=1S/C21H28N4O2.ClH/c1-24-18-9-15-25(20(26)21(27-2)10-12-22-13-11-21)14-8-17(18)19(23-24)16-6-4-3-5-7-16;/h3-7,22H,8-15H2,1-2H3;1H. The highest BCUT2D eigenvalue weighted by atomic mass is 35.5. The predicted octanol–water partition coefficient (Wildman–Crippen LogP) is 2.20. The molecule has 152 valence electrons. The minimum absolute atomic E-state index is 0. The monoisotopic (exact) mass is 404 g/mol. The number of carbonyl (C=O) groups is 1. The second kappa shape index (κ2) is 8.64. The third kappa shape index (κ3) is 3.69. The molecule has 1 aromatic carbocycles. The number of halogens is 1. The van der Waals surface area contributed by atoms with Gasteiger partial charge in [0.1, 0.15) is 5.60 Å². The number of fused-ring (bicyclic) bond motifs is 1. The van der Waals surface area contributed by atoms with Gasteiger partial charge in [-0.1, -0.05) is 30.3 Å². The fourth-order valence-electron chi connectivity index (χ4n) is 4.43. The van der Waals surface area contributed by atoms with Crippen molar-refractivity contribution >= 4 is 18.3 Å². The van der Waals surface area contributed by atoms with Gasteiger partial charge in [0.15, 0.2) is 0 Å². The molecule has 6 nitrogen and oxygen atoms in total. The molecule has 4 rings (SSSR count). The van der Waals surface area contributed by atoms with E-state index in [1.54, 1.807) is 7.11 Å². The lowest BCUT2D eigenvalue weighted by Crippen LogP contribution is -2.55. The lowest BCUT2D eigenvalue weighted by molar-refractivity contribution is -0.158. The first kappa shape index (κ1) is 20.8. The highest BCUT2D eigenvalue weighted by molar-refractivity contribution is 5.86. The number of aryl methyl sites for hydroxylation is 1. The molecule has 0 bridgehead atoms. The van der Waals surface area contributed by atoms with Crippen LogP contribution in [-0.4, -0.2) is 59.5 Å². The Balaban J connectivity index is 0.00000225. The summed E-state index contributed by atoms with van der Waals surface area (Å²) in [6, 6.07) is 10.3.